The van der Waals surface area contributed by atoms with E-state index in [9.17, 15) is 4.79 Å². The van der Waals surface area contributed by atoms with E-state index in [4.69, 9.17) is 9.47 Å². The van der Waals surface area contributed by atoms with Crippen LogP contribution < -0.4 is 14.8 Å². The number of amides is 1. The maximum atomic E-state index is 12.9. The number of nitrogens with one attached hydrogen (secondary N) is 1. The van der Waals surface area contributed by atoms with Crippen molar-refractivity contribution in [1.29, 1.82) is 0 Å². The Bertz CT molecular complexity index is 813. The molecule has 2 atom stereocenters. The minimum Gasteiger partial charge on any atom is -0.487 e. The quantitative estimate of drug-likeness (QED) is 0.716. The Morgan fingerprint density at radius 1 is 1.14 bits per heavy atom. The van der Waals surface area contributed by atoms with Gasteiger partial charge in [0.1, 0.15) is 17.1 Å². The van der Waals surface area contributed by atoms with Crippen LogP contribution in [0.25, 0.3) is 0 Å². The van der Waals surface area contributed by atoms with Crippen LogP contribution in [0.4, 0.5) is 0 Å². The Morgan fingerprint density at radius 3 is 2.54 bits per heavy atom. The highest BCUT2D eigenvalue weighted by molar-refractivity contribution is 5.81. The number of aryl methyl sites for hydroxylation is 1. The van der Waals surface area contributed by atoms with E-state index in [0.29, 0.717) is 0 Å². The third-order valence-corrected chi connectivity index (χ3v) is 5.83. The Kier molecular flexibility index (Phi) is 6.28. The van der Waals surface area contributed by atoms with E-state index in [1.165, 1.54) is 0 Å². The molecular weight excluding hydrogens is 350 g/mol. The normalized spacial score (nSPS) is 18.5. The summed E-state index contributed by atoms with van der Waals surface area (Å²) in [6, 6.07) is 15.8. The average molecular weight is 382 g/mol. The molecular formula is C24H31NO3. The molecule has 0 fully saturated rings. The molecule has 0 aliphatic carbocycles. The van der Waals surface area contributed by atoms with E-state index in [-0.39, 0.29) is 17.6 Å². The molecule has 28 heavy (non-hydrogen) atoms. The predicted octanol–water partition coefficient (Wildman–Crippen LogP) is 5.22. The number of hydrogen-bond donors (Lipinski definition) is 1. The molecule has 0 saturated heterocycles. The number of benzene rings is 2. The van der Waals surface area contributed by atoms with Crippen LogP contribution in [0.2, 0.25) is 0 Å². The van der Waals surface area contributed by atoms with Gasteiger partial charge in [-0.2, -0.15) is 0 Å². The number of ether oxygens (including phenoxy) is 2. The first-order chi connectivity index (χ1) is 13.5. The molecule has 1 heterocycles. The first-order valence-electron chi connectivity index (χ1n) is 10.3. The molecule has 4 heteroatoms. The Labute approximate surface area is 168 Å². The molecule has 0 spiro atoms. The van der Waals surface area contributed by atoms with Gasteiger partial charge in [0.25, 0.3) is 5.91 Å². The maximum absolute atomic E-state index is 12.9. The zero-order chi connectivity index (χ0) is 20.1. The fourth-order valence-corrected chi connectivity index (χ4v) is 3.87. The van der Waals surface area contributed by atoms with E-state index in [1.807, 2.05) is 48.5 Å². The van der Waals surface area contributed by atoms with E-state index >= 15 is 0 Å². The predicted molar refractivity (Wildman–Crippen MR) is 112 cm³/mol. The topological polar surface area (TPSA) is 47.6 Å². The first kappa shape index (κ1) is 20.2. The first-order valence-corrected chi connectivity index (χ1v) is 10.3. The van der Waals surface area contributed by atoms with Gasteiger partial charge < -0.3 is 14.8 Å². The van der Waals surface area contributed by atoms with Crippen molar-refractivity contribution in [3.8, 4) is 11.5 Å². The van der Waals surface area contributed by atoms with Crippen LogP contribution in [0.15, 0.2) is 48.5 Å². The van der Waals surface area contributed by atoms with Crippen molar-refractivity contribution in [3.05, 3.63) is 59.7 Å². The van der Waals surface area contributed by atoms with Crippen molar-refractivity contribution in [2.45, 2.75) is 71.1 Å². The summed E-state index contributed by atoms with van der Waals surface area (Å²) in [5.74, 6) is 1.54. The highest BCUT2D eigenvalue weighted by Gasteiger charge is 2.39. The maximum Gasteiger partial charge on any atom is 0.261 e. The van der Waals surface area contributed by atoms with Crippen LogP contribution in [-0.4, -0.2) is 17.6 Å². The number of hydrogen-bond acceptors (Lipinski definition) is 3. The van der Waals surface area contributed by atoms with Crippen LogP contribution >= 0.6 is 0 Å². The van der Waals surface area contributed by atoms with Gasteiger partial charge in [0, 0.05) is 12.0 Å². The fraction of sp³-hybridized carbons (Fsp3) is 0.458. The average Bonchev–Trinajstić information content (AvgIpc) is 2.73. The van der Waals surface area contributed by atoms with Gasteiger partial charge in [-0.05, 0) is 43.9 Å². The van der Waals surface area contributed by atoms with Crippen molar-refractivity contribution in [2.24, 2.45) is 0 Å². The largest absolute Gasteiger partial charge is 0.487 e. The van der Waals surface area contributed by atoms with E-state index in [2.05, 4.69) is 26.1 Å². The lowest BCUT2D eigenvalue weighted by Gasteiger charge is -2.41. The summed E-state index contributed by atoms with van der Waals surface area (Å²) < 4.78 is 12.3. The number of carbonyl (C=O) groups excluding carboxylic acids is 1. The van der Waals surface area contributed by atoms with Crippen molar-refractivity contribution < 1.29 is 14.3 Å². The van der Waals surface area contributed by atoms with Crippen molar-refractivity contribution in [3.63, 3.8) is 0 Å². The molecule has 0 radical (unpaired) electrons. The van der Waals surface area contributed by atoms with Crippen LogP contribution in [-0.2, 0) is 11.2 Å². The standard InChI is InChI=1S/C24H31NO3/c1-5-18-12-8-10-14-21(18)27-17(4)23(26)25-20-16-24(6-2,7-3)28-22-15-11-9-13-19(20)22/h8-15,17,20H,5-7,16H2,1-4H3,(H,25,26)/t17-,20-/m0/s1. The molecule has 3 rings (SSSR count). The Morgan fingerprint density at radius 2 is 1.82 bits per heavy atom. The van der Waals surface area contributed by atoms with E-state index in [0.717, 1.165) is 48.3 Å². The van der Waals surface area contributed by atoms with Gasteiger partial charge in [-0.15, -0.1) is 0 Å². The van der Waals surface area contributed by atoms with Gasteiger partial charge in [0.15, 0.2) is 6.10 Å². The molecule has 0 aromatic heterocycles. The highest BCUT2D eigenvalue weighted by atomic mass is 16.5. The van der Waals surface area contributed by atoms with E-state index in [1.54, 1.807) is 6.92 Å². The zero-order valence-electron chi connectivity index (χ0n) is 17.3. The van der Waals surface area contributed by atoms with Gasteiger partial charge in [0.2, 0.25) is 0 Å². The van der Waals surface area contributed by atoms with Gasteiger partial charge in [0.05, 0.1) is 6.04 Å². The lowest BCUT2D eigenvalue weighted by atomic mass is 9.83. The third kappa shape index (κ3) is 4.16. The molecule has 0 unspecified atom stereocenters. The van der Waals surface area contributed by atoms with Gasteiger partial charge in [-0.1, -0.05) is 57.2 Å². The van der Waals surface area contributed by atoms with Crippen LogP contribution in [0.1, 0.15) is 64.1 Å². The van der Waals surface area contributed by atoms with Crippen molar-refractivity contribution in [2.75, 3.05) is 0 Å². The molecule has 1 amide bonds. The summed E-state index contributed by atoms with van der Waals surface area (Å²) in [7, 11) is 0. The van der Waals surface area contributed by atoms with Gasteiger partial charge >= 0.3 is 0 Å². The minimum absolute atomic E-state index is 0.0789. The summed E-state index contributed by atoms with van der Waals surface area (Å²) in [6.07, 6.45) is 2.87. The van der Waals surface area contributed by atoms with Crippen molar-refractivity contribution in [1.82, 2.24) is 5.32 Å². The molecule has 150 valence electrons. The summed E-state index contributed by atoms with van der Waals surface area (Å²) in [4.78, 5) is 12.9. The SMILES string of the molecule is CCc1ccccc1O[C@@H](C)C(=O)N[C@H]1CC(CC)(CC)Oc2ccccc21. The molecule has 1 aliphatic heterocycles. The summed E-state index contributed by atoms with van der Waals surface area (Å²) in [5, 5.41) is 3.21. The van der Waals surface area contributed by atoms with Gasteiger partial charge in [-0.3, -0.25) is 4.79 Å². The summed E-state index contributed by atoms with van der Waals surface area (Å²) >= 11 is 0. The number of para-hydroxylation sites is 2. The molecule has 0 bridgehead atoms. The Hall–Kier alpha value is -2.49. The Balaban J connectivity index is 1.77. The second-order valence-electron chi connectivity index (χ2n) is 7.52. The second kappa shape index (κ2) is 8.68. The number of carbonyl (C=O) groups is 1. The second-order valence-corrected chi connectivity index (χ2v) is 7.52. The van der Waals surface area contributed by atoms with E-state index < -0.39 is 6.10 Å². The summed E-state index contributed by atoms with van der Waals surface area (Å²) in [6.45, 7) is 8.17. The zero-order valence-corrected chi connectivity index (χ0v) is 17.3. The molecule has 0 saturated carbocycles. The number of rotatable bonds is 7. The molecule has 1 aliphatic rings. The van der Waals surface area contributed by atoms with Crippen LogP contribution in [0, 0.1) is 0 Å². The number of fused-ring (bicyclic) bond motifs is 1. The highest BCUT2D eigenvalue weighted by Crippen LogP contribution is 2.42. The molecule has 4 nitrogen and oxygen atoms in total. The molecule has 1 N–H and O–H groups in total. The molecule has 2 aromatic rings. The van der Waals surface area contributed by atoms with Crippen molar-refractivity contribution >= 4 is 5.91 Å². The lowest BCUT2D eigenvalue weighted by molar-refractivity contribution is -0.128. The van der Waals surface area contributed by atoms with Crippen LogP contribution in [0.3, 0.4) is 0 Å². The molecule has 2 aromatic carbocycles. The van der Waals surface area contributed by atoms with Gasteiger partial charge in [-0.25, -0.2) is 0 Å². The van der Waals surface area contributed by atoms with Crippen LogP contribution in [0.5, 0.6) is 11.5 Å². The monoisotopic (exact) mass is 381 g/mol. The minimum atomic E-state index is -0.569. The third-order valence-electron chi connectivity index (χ3n) is 5.83. The summed E-state index contributed by atoms with van der Waals surface area (Å²) in [5.41, 5.74) is 1.90. The fourth-order valence-electron chi connectivity index (χ4n) is 3.87. The lowest BCUT2D eigenvalue weighted by Crippen LogP contribution is -2.47. The smallest absolute Gasteiger partial charge is 0.261 e.